The Bertz CT molecular complexity index is 1280. The average molecular weight is 470 g/mol. The lowest BCUT2D eigenvalue weighted by molar-refractivity contribution is 0.0950. The van der Waals surface area contributed by atoms with E-state index in [1.165, 1.54) is 31.2 Å². The fraction of sp³-hybridized carbons (Fsp3) is 0.259. The molecule has 0 spiro atoms. The highest BCUT2D eigenvalue weighted by Gasteiger charge is 2.18. The van der Waals surface area contributed by atoms with E-state index in [4.69, 9.17) is 4.98 Å². The van der Waals surface area contributed by atoms with Gasteiger partial charge in [-0.15, -0.1) is 11.3 Å². The zero-order chi connectivity index (χ0) is 23.3. The van der Waals surface area contributed by atoms with Crippen LogP contribution in [0.4, 0.5) is 5.82 Å². The van der Waals surface area contributed by atoms with Gasteiger partial charge in [-0.05, 0) is 55.7 Å². The molecule has 7 heteroatoms. The smallest absolute Gasteiger partial charge is 0.253 e. The Labute approximate surface area is 203 Å². The van der Waals surface area contributed by atoms with E-state index in [0.717, 1.165) is 32.5 Å². The molecule has 0 bridgehead atoms. The molecule has 172 valence electrons. The van der Waals surface area contributed by atoms with Crippen molar-refractivity contribution in [3.63, 3.8) is 0 Å². The molecule has 1 fully saturated rings. The van der Waals surface area contributed by atoms with E-state index >= 15 is 0 Å². The summed E-state index contributed by atoms with van der Waals surface area (Å²) in [5.41, 5.74) is 4.79. The summed E-state index contributed by atoms with van der Waals surface area (Å²) in [6, 6.07) is 16.5. The first-order chi connectivity index (χ1) is 16.7. The van der Waals surface area contributed by atoms with Gasteiger partial charge in [0.1, 0.15) is 10.8 Å². The van der Waals surface area contributed by atoms with Crippen LogP contribution in [0.5, 0.6) is 0 Å². The number of rotatable bonds is 7. The van der Waals surface area contributed by atoms with Gasteiger partial charge in [-0.2, -0.15) is 0 Å². The molecule has 1 aromatic carbocycles. The lowest BCUT2D eigenvalue weighted by atomic mass is 10.1. The normalized spacial score (nSPS) is 13.7. The SMILES string of the molecule is Cc1cccc(-c2nc(CNC(=O)c3cccnc3)sc2-c2ccnc(NC3CCCC3)c2)c1. The Morgan fingerprint density at radius 3 is 2.74 bits per heavy atom. The fourth-order valence-electron chi connectivity index (χ4n) is 4.31. The van der Waals surface area contributed by atoms with E-state index in [2.05, 4.69) is 57.9 Å². The summed E-state index contributed by atoms with van der Waals surface area (Å²) >= 11 is 1.60. The van der Waals surface area contributed by atoms with Gasteiger partial charge < -0.3 is 10.6 Å². The minimum Gasteiger partial charge on any atom is -0.367 e. The maximum Gasteiger partial charge on any atom is 0.253 e. The van der Waals surface area contributed by atoms with E-state index in [1.807, 2.05) is 12.3 Å². The molecule has 5 rings (SSSR count). The minimum atomic E-state index is -0.158. The van der Waals surface area contributed by atoms with Gasteiger partial charge in [0.2, 0.25) is 0 Å². The number of benzene rings is 1. The van der Waals surface area contributed by atoms with E-state index in [9.17, 15) is 4.79 Å². The summed E-state index contributed by atoms with van der Waals surface area (Å²) in [5.74, 6) is 0.744. The van der Waals surface area contributed by atoms with Crippen LogP contribution in [0.25, 0.3) is 21.7 Å². The highest BCUT2D eigenvalue weighted by molar-refractivity contribution is 7.15. The average Bonchev–Trinajstić information content (AvgIpc) is 3.53. The summed E-state index contributed by atoms with van der Waals surface area (Å²) < 4.78 is 0. The van der Waals surface area contributed by atoms with Crippen LogP contribution >= 0.6 is 11.3 Å². The van der Waals surface area contributed by atoms with Gasteiger partial charge in [0.15, 0.2) is 0 Å². The predicted octanol–water partition coefficient (Wildman–Crippen LogP) is 5.86. The van der Waals surface area contributed by atoms with Crippen LogP contribution in [0.2, 0.25) is 0 Å². The Morgan fingerprint density at radius 2 is 1.94 bits per heavy atom. The van der Waals surface area contributed by atoms with Gasteiger partial charge in [0.25, 0.3) is 5.91 Å². The van der Waals surface area contributed by atoms with Crippen molar-refractivity contribution in [1.29, 1.82) is 0 Å². The summed E-state index contributed by atoms with van der Waals surface area (Å²) in [6.45, 7) is 2.44. The van der Waals surface area contributed by atoms with Crippen molar-refractivity contribution in [1.82, 2.24) is 20.3 Å². The number of carbonyl (C=O) groups is 1. The molecular weight excluding hydrogens is 442 g/mol. The first kappa shape index (κ1) is 22.2. The molecule has 1 saturated carbocycles. The third kappa shape index (κ3) is 5.15. The number of anilines is 1. The van der Waals surface area contributed by atoms with E-state index in [0.29, 0.717) is 18.2 Å². The molecule has 6 nitrogen and oxygen atoms in total. The number of pyridine rings is 2. The number of nitrogens with zero attached hydrogens (tertiary/aromatic N) is 3. The molecule has 0 aliphatic heterocycles. The van der Waals surface area contributed by atoms with Crippen LogP contribution in [-0.4, -0.2) is 26.9 Å². The number of aryl methyl sites for hydroxylation is 1. The minimum absolute atomic E-state index is 0.158. The molecule has 0 radical (unpaired) electrons. The first-order valence-corrected chi connectivity index (χ1v) is 12.5. The van der Waals surface area contributed by atoms with Crippen molar-refractivity contribution in [2.24, 2.45) is 0 Å². The predicted molar refractivity (Wildman–Crippen MR) is 137 cm³/mol. The molecule has 34 heavy (non-hydrogen) atoms. The van der Waals surface area contributed by atoms with Crippen molar-refractivity contribution in [2.45, 2.75) is 45.2 Å². The molecule has 0 saturated heterocycles. The van der Waals surface area contributed by atoms with Crippen molar-refractivity contribution < 1.29 is 4.79 Å². The van der Waals surface area contributed by atoms with Crippen LogP contribution in [0.15, 0.2) is 67.1 Å². The van der Waals surface area contributed by atoms with Crippen LogP contribution in [0, 0.1) is 6.92 Å². The maximum absolute atomic E-state index is 12.5. The van der Waals surface area contributed by atoms with E-state index < -0.39 is 0 Å². The van der Waals surface area contributed by atoms with Crippen LogP contribution in [0.1, 0.15) is 46.6 Å². The number of hydrogen-bond donors (Lipinski definition) is 2. The highest BCUT2D eigenvalue weighted by Crippen LogP contribution is 2.38. The molecule has 1 amide bonds. The van der Waals surface area contributed by atoms with Gasteiger partial charge in [-0.25, -0.2) is 9.97 Å². The molecule has 1 aliphatic carbocycles. The fourth-order valence-corrected chi connectivity index (χ4v) is 5.33. The molecule has 4 aromatic rings. The Morgan fingerprint density at radius 1 is 1.06 bits per heavy atom. The van der Waals surface area contributed by atoms with E-state index in [1.54, 1.807) is 35.9 Å². The topological polar surface area (TPSA) is 79.8 Å². The second-order valence-electron chi connectivity index (χ2n) is 8.63. The molecule has 3 heterocycles. The Kier molecular flexibility index (Phi) is 6.62. The third-order valence-electron chi connectivity index (χ3n) is 6.02. The number of thiazole rings is 1. The van der Waals surface area contributed by atoms with Gasteiger partial charge in [0, 0.05) is 30.2 Å². The van der Waals surface area contributed by atoms with Crippen LogP contribution in [-0.2, 0) is 6.54 Å². The molecular formula is C27H27N5OS. The van der Waals surface area contributed by atoms with Crippen LogP contribution < -0.4 is 10.6 Å². The zero-order valence-electron chi connectivity index (χ0n) is 19.1. The second kappa shape index (κ2) is 10.1. The number of carbonyl (C=O) groups excluding carboxylic acids is 1. The summed E-state index contributed by atoms with van der Waals surface area (Å²) in [4.78, 5) is 27.1. The van der Waals surface area contributed by atoms with Gasteiger partial charge in [-0.3, -0.25) is 9.78 Å². The maximum atomic E-state index is 12.5. The molecule has 3 aromatic heterocycles. The Hall–Kier alpha value is -3.58. The monoisotopic (exact) mass is 469 g/mol. The lowest BCUT2D eigenvalue weighted by Gasteiger charge is -2.13. The molecule has 0 atom stereocenters. The largest absolute Gasteiger partial charge is 0.367 e. The number of nitrogens with one attached hydrogen (secondary N) is 2. The number of aromatic nitrogens is 3. The summed E-state index contributed by atoms with van der Waals surface area (Å²) in [5, 5.41) is 7.42. The van der Waals surface area contributed by atoms with Crippen molar-refractivity contribution in [3.05, 3.63) is 83.3 Å². The number of amides is 1. The van der Waals surface area contributed by atoms with Crippen molar-refractivity contribution in [3.8, 4) is 21.7 Å². The van der Waals surface area contributed by atoms with Crippen molar-refractivity contribution in [2.75, 3.05) is 5.32 Å². The quantitative estimate of drug-likeness (QED) is 0.354. The van der Waals surface area contributed by atoms with Gasteiger partial charge in [-0.1, -0.05) is 36.6 Å². The van der Waals surface area contributed by atoms with E-state index in [-0.39, 0.29) is 5.91 Å². The van der Waals surface area contributed by atoms with Gasteiger partial charge in [0.05, 0.1) is 22.7 Å². The summed E-state index contributed by atoms with van der Waals surface area (Å²) in [7, 11) is 0. The van der Waals surface area contributed by atoms with Gasteiger partial charge >= 0.3 is 0 Å². The van der Waals surface area contributed by atoms with Crippen molar-refractivity contribution >= 4 is 23.1 Å². The molecule has 2 N–H and O–H groups in total. The molecule has 1 aliphatic rings. The first-order valence-electron chi connectivity index (χ1n) is 11.6. The third-order valence-corrected chi connectivity index (χ3v) is 7.12. The standard InChI is InChI=1S/C27H27N5OS/c1-18-6-4-7-19(14-18)25-26(20-11-13-29-23(15-20)31-22-9-2-3-10-22)34-24(32-25)17-30-27(33)21-8-5-12-28-16-21/h4-8,11-16,22H,2-3,9-10,17H2,1H3,(H,29,31)(H,30,33). The zero-order valence-corrected chi connectivity index (χ0v) is 19.9. The Balaban J connectivity index is 1.44. The lowest BCUT2D eigenvalue weighted by Crippen LogP contribution is -2.22. The second-order valence-corrected chi connectivity index (χ2v) is 9.72. The summed E-state index contributed by atoms with van der Waals surface area (Å²) in [6.07, 6.45) is 10.0. The highest BCUT2D eigenvalue weighted by atomic mass is 32.1. The molecule has 0 unspecified atom stereocenters. The number of hydrogen-bond acceptors (Lipinski definition) is 6. The van der Waals surface area contributed by atoms with Crippen LogP contribution in [0.3, 0.4) is 0 Å².